The van der Waals surface area contributed by atoms with Crippen LogP contribution in [-0.2, 0) is 11.3 Å². The number of hydrogen-bond donors (Lipinski definition) is 2. The first-order valence-corrected chi connectivity index (χ1v) is 9.72. The predicted molar refractivity (Wildman–Crippen MR) is 108 cm³/mol. The van der Waals surface area contributed by atoms with Gasteiger partial charge in [-0.2, -0.15) is 0 Å². The van der Waals surface area contributed by atoms with Gasteiger partial charge in [0.25, 0.3) is 0 Å². The molecule has 1 aliphatic heterocycles. The lowest BCUT2D eigenvalue weighted by atomic mass is 9.78. The Hall–Kier alpha value is -1.75. The van der Waals surface area contributed by atoms with Gasteiger partial charge in [-0.05, 0) is 42.9 Å². The fraction of sp³-hybridized carbons (Fsp3) is 0.667. The molecular formula is C21H35N3O2. The van der Waals surface area contributed by atoms with Crippen LogP contribution in [0.1, 0.15) is 46.1 Å². The normalized spacial score (nSPS) is 21.3. The van der Waals surface area contributed by atoms with E-state index >= 15 is 0 Å². The highest BCUT2D eigenvalue weighted by Gasteiger charge is 2.35. The molecule has 2 atom stereocenters. The summed E-state index contributed by atoms with van der Waals surface area (Å²) in [5, 5.41) is 6.87. The van der Waals surface area contributed by atoms with Crippen LogP contribution in [-0.4, -0.2) is 38.9 Å². The van der Waals surface area contributed by atoms with E-state index in [4.69, 9.17) is 9.47 Å². The van der Waals surface area contributed by atoms with Crippen molar-refractivity contribution in [2.75, 3.05) is 26.8 Å². The molecule has 2 N–H and O–H groups in total. The molecule has 1 heterocycles. The number of benzene rings is 1. The van der Waals surface area contributed by atoms with Crippen LogP contribution in [0.5, 0.6) is 5.75 Å². The van der Waals surface area contributed by atoms with Gasteiger partial charge in [-0.15, -0.1) is 0 Å². The van der Waals surface area contributed by atoms with E-state index in [9.17, 15) is 0 Å². The second kappa shape index (κ2) is 9.81. The van der Waals surface area contributed by atoms with Crippen LogP contribution in [0.4, 0.5) is 0 Å². The van der Waals surface area contributed by atoms with Gasteiger partial charge in [0.1, 0.15) is 5.75 Å². The number of aliphatic imine (C=N–C) groups is 1. The topological polar surface area (TPSA) is 54.9 Å². The van der Waals surface area contributed by atoms with E-state index in [1.807, 2.05) is 26.1 Å². The lowest BCUT2D eigenvalue weighted by Crippen LogP contribution is -2.47. The summed E-state index contributed by atoms with van der Waals surface area (Å²) in [7, 11) is 1.81. The molecule has 0 spiro atoms. The van der Waals surface area contributed by atoms with Gasteiger partial charge in [-0.25, -0.2) is 0 Å². The maximum atomic E-state index is 6.07. The number of guanidine groups is 1. The highest BCUT2D eigenvalue weighted by atomic mass is 16.5. The predicted octanol–water partition coefficient (Wildman–Crippen LogP) is 3.59. The molecule has 0 aromatic heterocycles. The van der Waals surface area contributed by atoms with Crippen molar-refractivity contribution < 1.29 is 9.47 Å². The summed E-state index contributed by atoms with van der Waals surface area (Å²) in [5.41, 5.74) is 1.33. The fourth-order valence-corrected chi connectivity index (χ4v) is 3.56. The Labute approximate surface area is 158 Å². The third-order valence-electron chi connectivity index (χ3n) is 4.72. The molecule has 0 radical (unpaired) electrons. The number of ether oxygens (including phenoxy) is 2. The Morgan fingerprint density at radius 2 is 2.12 bits per heavy atom. The van der Waals surface area contributed by atoms with Crippen molar-refractivity contribution in [2.45, 2.75) is 53.2 Å². The molecular weight excluding hydrogens is 326 g/mol. The van der Waals surface area contributed by atoms with Crippen LogP contribution < -0.4 is 15.4 Å². The van der Waals surface area contributed by atoms with Crippen LogP contribution in [0.3, 0.4) is 0 Å². The van der Waals surface area contributed by atoms with Crippen molar-refractivity contribution in [3.8, 4) is 5.75 Å². The minimum Gasteiger partial charge on any atom is -0.494 e. The van der Waals surface area contributed by atoms with Gasteiger partial charge in [0.2, 0.25) is 0 Å². The Morgan fingerprint density at radius 1 is 1.31 bits per heavy atom. The summed E-state index contributed by atoms with van der Waals surface area (Å²) in [4.78, 5) is 4.36. The lowest BCUT2D eigenvalue weighted by molar-refractivity contribution is -0.0835. The van der Waals surface area contributed by atoms with Crippen LogP contribution in [0.15, 0.2) is 29.3 Å². The average molecular weight is 362 g/mol. The van der Waals surface area contributed by atoms with Crippen LogP contribution >= 0.6 is 0 Å². The monoisotopic (exact) mass is 361 g/mol. The first kappa shape index (κ1) is 20.6. The molecule has 1 fully saturated rings. The van der Waals surface area contributed by atoms with Crippen LogP contribution in [0, 0.1) is 11.3 Å². The van der Waals surface area contributed by atoms with Crippen molar-refractivity contribution >= 4 is 5.96 Å². The summed E-state index contributed by atoms with van der Waals surface area (Å²) in [5.74, 6) is 2.23. The molecule has 0 saturated carbocycles. The molecule has 0 amide bonds. The van der Waals surface area contributed by atoms with E-state index in [0.717, 1.165) is 31.3 Å². The number of nitrogens with one attached hydrogen (secondary N) is 2. The van der Waals surface area contributed by atoms with Crippen LogP contribution in [0.25, 0.3) is 0 Å². The Morgan fingerprint density at radius 3 is 2.81 bits per heavy atom. The zero-order valence-corrected chi connectivity index (χ0v) is 17.0. The molecule has 2 unspecified atom stereocenters. The van der Waals surface area contributed by atoms with Gasteiger partial charge in [0.15, 0.2) is 5.96 Å². The van der Waals surface area contributed by atoms with E-state index in [1.54, 1.807) is 0 Å². The van der Waals surface area contributed by atoms with E-state index < -0.39 is 0 Å². The number of rotatable bonds is 6. The van der Waals surface area contributed by atoms with Gasteiger partial charge >= 0.3 is 0 Å². The minimum atomic E-state index is 0.156. The van der Waals surface area contributed by atoms with E-state index in [-0.39, 0.29) is 11.5 Å². The maximum absolute atomic E-state index is 6.07. The minimum absolute atomic E-state index is 0.156. The Balaban J connectivity index is 1.86. The molecule has 5 heteroatoms. The second-order valence-corrected chi connectivity index (χ2v) is 7.95. The van der Waals surface area contributed by atoms with Crippen molar-refractivity contribution in [1.82, 2.24) is 10.6 Å². The van der Waals surface area contributed by atoms with E-state index in [1.165, 1.54) is 12.0 Å². The van der Waals surface area contributed by atoms with Crippen molar-refractivity contribution in [3.05, 3.63) is 29.8 Å². The Bertz CT molecular complexity index is 581. The SMILES string of the molecule is CCOc1cccc(CNC(=NC)NCC2CCCOC2C(C)(C)C)c1. The van der Waals surface area contributed by atoms with Gasteiger partial charge in [0.05, 0.1) is 12.7 Å². The summed E-state index contributed by atoms with van der Waals surface area (Å²) >= 11 is 0. The van der Waals surface area contributed by atoms with Crippen molar-refractivity contribution in [3.63, 3.8) is 0 Å². The summed E-state index contributed by atoms with van der Waals surface area (Å²) in [6.45, 7) is 11.9. The molecule has 1 aromatic rings. The second-order valence-electron chi connectivity index (χ2n) is 7.95. The largest absolute Gasteiger partial charge is 0.494 e. The highest BCUT2D eigenvalue weighted by molar-refractivity contribution is 5.79. The maximum Gasteiger partial charge on any atom is 0.191 e. The summed E-state index contributed by atoms with van der Waals surface area (Å²) in [6, 6.07) is 8.16. The average Bonchev–Trinajstić information content (AvgIpc) is 2.62. The van der Waals surface area contributed by atoms with E-state index in [2.05, 4.69) is 48.5 Å². The summed E-state index contributed by atoms with van der Waals surface area (Å²) < 4.78 is 11.6. The molecule has 1 saturated heterocycles. The van der Waals surface area contributed by atoms with Gasteiger partial charge in [-0.3, -0.25) is 4.99 Å². The first-order chi connectivity index (χ1) is 12.4. The standard InChI is InChI=1S/C21H35N3O2/c1-6-25-18-11-7-9-16(13-18)14-23-20(22-5)24-15-17-10-8-12-26-19(17)21(2,3)4/h7,9,11,13,17,19H,6,8,10,12,14-15H2,1-5H3,(H2,22,23,24). The molecule has 26 heavy (non-hydrogen) atoms. The lowest BCUT2D eigenvalue weighted by Gasteiger charge is -2.40. The quantitative estimate of drug-likeness (QED) is 0.600. The molecule has 1 aromatic carbocycles. The zero-order chi connectivity index (χ0) is 19.0. The van der Waals surface area contributed by atoms with Gasteiger partial charge < -0.3 is 20.1 Å². The molecule has 0 bridgehead atoms. The molecule has 1 aliphatic rings. The molecule has 146 valence electrons. The van der Waals surface area contributed by atoms with Gasteiger partial charge in [-0.1, -0.05) is 32.9 Å². The fourth-order valence-electron chi connectivity index (χ4n) is 3.56. The van der Waals surface area contributed by atoms with E-state index in [0.29, 0.717) is 19.1 Å². The molecule has 0 aliphatic carbocycles. The highest BCUT2D eigenvalue weighted by Crippen LogP contribution is 2.33. The third kappa shape index (κ3) is 6.20. The Kier molecular flexibility index (Phi) is 7.76. The number of hydrogen-bond acceptors (Lipinski definition) is 3. The third-order valence-corrected chi connectivity index (χ3v) is 4.72. The molecule has 2 rings (SSSR count). The zero-order valence-electron chi connectivity index (χ0n) is 17.0. The number of nitrogens with zero attached hydrogens (tertiary/aromatic N) is 1. The summed E-state index contributed by atoms with van der Waals surface area (Å²) in [6.07, 6.45) is 2.61. The van der Waals surface area contributed by atoms with Gasteiger partial charge in [0, 0.05) is 32.7 Å². The van der Waals surface area contributed by atoms with Crippen molar-refractivity contribution in [2.24, 2.45) is 16.3 Å². The van der Waals surface area contributed by atoms with Crippen LogP contribution in [0.2, 0.25) is 0 Å². The molecule has 5 nitrogen and oxygen atoms in total. The van der Waals surface area contributed by atoms with Crippen molar-refractivity contribution in [1.29, 1.82) is 0 Å². The smallest absolute Gasteiger partial charge is 0.191 e. The first-order valence-electron chi connectivity index (χ1n) is 9.72.